The zero-order valence-corrected chi connectivity index (χ0v) is 17.4. The van der Waals surface area contributed by atoms with Gasteiger partial charge in [0, 0.05) is 5.56 Å². The molecule has 28 heavy (non-hydrogen) atoms. The van der Waals surface area contributed by atoms with Gasteiger partial charge in [-0.15, -0.1) is 0 Å². The summed E-state index contributed by atoms with van der Waals surface area (Å²) in [6, 6.07) is 15.5. The van der Waals surface area contributed by atoms with Crippen LogP contribution in [0.2, 0.25) is 0 Å². The van der Waals surface area contributed by atoms with E-state index in [1.165, 1.54) is 16.7 Å². The second-order valence-electron chi connectivity index (χ2n) is 7.24. The Morgan fingerprint density at radius 1 is 0.929 bits per heavy atom. The highest BCUT2D eigenvalue weighted by molar-refractivity contribution is 6.06. The maximum absolute atomic E-state index is 12.4. The number of carbonyl (C=O) groups is 1. The van der Waals surface area contributed by atoms with Gasteiger partial charge in [-0.1, -0.05) is 65.8 Å². The Morgan fingerprint density at radius 3 is 2.21 bits per heavy atom. The Labute approximate surface area is 169 Å². The first kappa shape index (κ1) is 21.4. The predicted molar refractivity (Wildman–Crippen MR) is 119 cm³/mol. The SMILES string of the molecule is COc1ccc(/C=C/C(=O)c2ccc(C/C=C(\C)CCC=C(C)C)cc2)cc1. The van der Waals surface area contributed by atoms with Crippen molar-refractivity contribution in [2.75, 3.05) is 7.11 Å². The number of ketones is 1. The molecule has 2 nitrogen and oxygen atoms in total. The van der Waals surface area contributed by atoms with Crippen molar-refractivity contribution in [2.24, 2.45) is 0 Å². The summed E-state index contributed by atoms with van der Waals surface area (Å²) in [4.78, 5) is 12.4. The summed E-state index contributed by atoms with van der Waals surface area (Å²) in [7, 11) is 1.64. The fourth-order valence-corrected chi connectivity index (χ4v) is 2.77. The zero-order chi connectivity index (χ0) is 20.4. The zero-order valence-electron chi connectivity index (χ0n) is 17.4. The Morgan fingerprint density at radius 2 is 1.61 bits per heavy atom. The molecule has 0 saturated carbocycles. The van der Waals surface area contributed by atoms with Crippen LogP contribution < -0.4 is 4.74 Å². The first-order valence-electron chi connectivity index (χ1n) is 9.72. The molecule has 0 amide bonds. The highest BCUT2D eigenvalue weighted by Gasteiger charge is 2.02. The highest BCUT2D eigenvalue weighted by atomic mass is 16.5. The van der Waals surface area contributed by atoms with E-state index in [4.69, 9.17) is 4.74 Å². The number of carbonyl (C=O) groups excluding carboxylic acids is 1. The van der Waals surface area contributed by atoms with Gasteiger partial charge in [-0.3, -0.25) is 4.79 Å². The largest absolute Gasteiger partial charge is 0.497 e. The molecule has 0 saturated heterocycles. The summed E-state index contributed by atoms with van der Waals surface area (Å²) >= 11 is 0. The molecular weight excluding hydrogens is 344 g/mol. The van der Waals surface area contributed by atoms with Crippen molar-refractivity contribution in [1.29, 1.82) is 0 Å². The molecule has 0 spiro atoms. The van der Waals surface area contributed by atoms with Gasteiger partial charge in [-0.25, -0.2) is 0 Å². The van der Waals surface area contributed by atoms with E-state index in [0.717, 1.165) is 30.6 Å². The molecule has 0 unspecified atom stereocenters. The predicted octanol–water partition coefficient (Wildman–Crippen LogP) is 6.83. The second kappa shape index (κ2) is 11.1. The van der Waals surface area contributed by atoms with Crippen LogP contribution >= 0.6 is 0 Å². The molecule has 0 aliphatic carbocycles. The van der Waals surface area contributed by atoms with Crippen molar-refractivity contribution in [3.63, 3.8) is 0 Å². The Bertz CT molecular complexity index is 846. The molecule has 146 valence electrons. The number of benzene rings is 2. The van der Waals surface area contributed by atoms with Crippen molar-refractivity contribution in [3.05, 3.63) is 94.6 Å². The topological polar surface area (TPSA) is 26.3 Å². The third-order valence-electron chi connectivity index (χ3n) is 4.56. The number of methoxy groups -OCH3 is 1. The lowest BCUT2D eigenvalue weighted by atomic mass is 10.0. The molecular formula is C26H30O2. The maximum Gasteiger partial charge on any atom is 0.185 e. The molecule has 0 bridgehead atoms. The molecule has 0 N–H and O–H groups in total. The Balaban J connectivity index is 1.91. The molecule has 2 aromatic rings. The van der Waals surface area contributed by atoms with Crippen molar-refractivity contribution in [1.82, 2.24) is 0 Å². The molecule has 0 aliphatic rings. The number of ether oxygens (including phenoxy) is 1. The lowest BCUT2D eigenvalue weighted by molar-refractivity contribution is 0.104. The molecule has 0 aromatic heterocycles. The average Bonchev–Trinajstić information content (AvgIpc) is 2.71. The lowest BCUT2D eigenvalue weighted by Gasteiger charge is -2.02. The lowest BCUT2D eigenvalue weighted by Crippen LogP contribution is -1.94. The minimum absolute atomic E-state index is 0.0100. The summed E-state index contributed by atoms with van der Waals surface area (Å²) < 4.78 is 5.14. The fourth-order valence-electron chi connectivity index (χ4n) is 2.77. The van der Waals surface area contributed by atoms with Gasteiger partial charge in [0.1, 0.15) is 5.75 Å². The van der Waals surface area contributed by atoms with Crippen molar-refractivity contribution in [2.45, 2.75) is 40.0 Å². The summed E-state index contributed by atoms with van der Waals surface area (Å²) in [6.07, 6.45) is 11.1. The van der Waals surface area contributed by atoms with Crippen LogP contribution in [0.15, 0.2) is 77.9 Å². The molecule has 2 rings (SSSR count). The molecule has 0 fully saturated rings. The van der Waals surface area contributed by atoms with Crippen molar-refractivity contribution in [3.8, 4) is 5.75 Å². The summed E-state index contributed by atoms with van der Waals surface area (Å²) in [5.41, 5.74) is 5.67. The number of hydrogen-bond acceptors (Lipinski definition) is 2. The molecule has 0 aliphatic heterocycles. The first-order chi connectivity index (χ1) is 13.5. The smallest absolute Gasteiger partial charge is 0.185 e. The molecule has 2 heteroatoms. The van der Waals surface area contributed by atoms with Gasteiger partial charge in [0.2, 0.25) is 0 Å². The summed E-state index contributed by atoms with van der Waals surface area (Å²) in [6.45, 7) is 6.45. The first-order valence-corrected chi connectivity index (χ1v) is 9.72. The van der Waals surface area contributed by atoms with Gasteiger partial charge >= 0.3 is 0 Å². The van der Waals surface area contributed by atoms with E-state index in [1.54, 1.807) is 13.2 Å². The average molecular weight is 375 g/mol. The van der Waals surface area contributed by atoms with Crippen LogP contribution in [0.3, 0.4) is 0 Å². The monoisotopic (exact) mass is 374 g/mol. The van der Waals surface area contributed by atoms with Gasteiger partial charge in [-0.05, 0) is 69.4 Å². The van der Waals surface area contributed by atoms with E-state index in [-0.39, 0.29) is 5.78 Å². The van der Waals surface area contributed by atoms with Gasteiger partial charge in [0.25, 0.3) is 0 Å². The third-order valence-corrected chi connectivity index (χ3v) is 4.56. The van der Waals surface area contributed by atoms with E-state index in [2.05, 4.69) is 32.9 Å². The van der Waals surface area contributed by atoms with E-state index in [0.29, 0.717) is 5.56 Å². The van der Waals surface area contributed by atoms with E-state index < -0.39 is 0 Å². The minimum atomic E-state index is 0.0100. The van der Waals surface area contributed by atoms with Crippen molar-refractivity contribution < 1.29 is 9.53 Å². The van der Waals surface area contributed by atoms with Crippen LogP contribution in [-0.4, -0.2) is 12.9 Å². The van der Waals surface area contributed by atoms with Gasteiger partial charge in [0.15, 0.2) is 5.78 Å². The summed E-state index contributed by atoms with van der Waals surface area (Å²) in [5, 5.41) is 0. The van der Waals surface area contributed by atoms with E-state index >= 15 is 0 Å². The molecule has 2 aromatic carbocycles. The van der Waals surface area contributed by atoms with Crippen LogP contribution in [0.5, 0.6) is 5.75 Å². The van der Waals surface area contributed by atoms with Crippen LogP contribution in [0.4, 0.5) is 0 Å². The van der Waals surface area contributed by atoms with E-state index in [1.807, 2.05) is 54.6 Å². The standard InChI is InChI=1S/C26H30O2/c1-20(2)6-5-7-21(3)8-9-22-10-15-24(16-11-22)26(27)19-14-23-12-17-25(28-4)18-13-23/h6,8,10-19H,5,7,9H2,1-4H3/b19-14+,21-8+. The highest BCUT2D eigenvalue weighted by Crippen LogP contribution is 2.14. The van der Waals surface area contributed by atoms with Crippen LogP contribution in [0, 0.1) is 0 Å². The minimum Gasteiger partial charge on any atom is -0.497 e. The Kier molecular flexibility index (Phi) is 8.48. The van der Waals surface area contributed by atoms with Crippen molar-refractivity contribution >= 4 is 11.9 Å². The third kappa shape index (κ3) is 7.40. The summed E-state index contributed by atoms with van der Waals surface area (Å²) in [5.74, 6) is 0.816. The van der Waals surface area contributed by atoms with Gasteiger partial charge in [0.05, 0.1) is 7.11 Å². The van der Waals surface area contributed by atoms with Crippen LogP contribution in [0.1, 0.15) is 55.1 Å². The van der Waals surface area contributed by atoms with Crippen LogP contribution in [-0.2, 0) is 6.42 Å². The maximum atomic E-state index is 12.4. The number of hydrogen-bond donors (Lipinski definition) is 0. The molecule has 0 heterocycles. The molecule has 0 radical (unpaired) electrons. The Hall–Kier alpha value is -2.87. The number of allylic oxidation sites excluding steroid dienone is 5. The quantitative estimate of drug-likeness (QED) is 0.273. The second-order valence-corrected chi connectivity index (χ2v) is 7.24. The van der Waals surface area contributed by atoms with Crippen LogP contribution in [0.25, 0.3) is 6.08 Å². The molecule has 0 atom stereocenters. The number of rotatable bonds is 9. The van der Waals surface area contributed by atoms with E-state index in [9.17, 15) is 4.79 Å². The fraction of sp³-hybridized carbons (Fsp3) is 0.269. The normalized spacial score (nSPS) is 11.5. The van der Waals surface area contributed by atoms with Gasteiger partial charge in [-0.2, -0.15) is 0 Å². The van der Waals surface area contributed by atoms with Gasteiger partial charge < -0.3 is 4.74 Å².